The predicted octanol–water partition coefficient (Wildman–Crippen LogP) is 3.76. The lowest BCUT2D eigenvalue weighted by molar-refractivity contribution is -0.137. The lowest BCUT2D eigenvalue weighted by Gasteiger charge is -2.11. The molecular weight excluding hydrogens is 281 g/mol. The SMILES string of the molecule is C=C(C)COCCNc1cc(C(F)(F)F)cc(Cl)n1. The molecule has 0 atom stereocenters. The maximum Gasteiger partial charge on any atom is 0.416 e. The van der Waals surface area contributed by atoms with Gasteiger partial charge in [-0.25, -0.2) is 4.98 Å². The van der Waals surface area contributed by atoms with Crippen LogP contribution in [-0.2, 0) is 10.9 Å². The molecule has 19 heavy (non-hydrogen) atoms. The molecule has 0 aliphatic rings. The predicted molar refractivity (Wildman–Crippen MR) is 68.4 cm³/mol. The summed E-state index contributed by atoms with van der Waals surface area (Å²) in [5.74, 6) is 0.0683. The van der Waals surface area contributed by atoms with Crippen LogP contribution in [0.25, 0.3) is 0 Å². The van der Waals surface area contributed by atoms with Gasteiger partial charge in [-0.05, 0) is 19.1 Å². The fourth-order valence-electron chi connectivity index (χ4n) is 1.25. The van der Waals surface area contributed by atoms with Gasteiger partial charge in [0.1, 0.15) is 11.0 Å². The molecule has 7 heteroatoms. The molecule has 1 heterocycles. The van der Waals surface area contributed by atoms with Crippen LogP contribution in [0.4, 0.5) is 19.0 Å². The molecule has 1 N–H and O–H groups in total. The van der Waals surface area contributed by atoms with Crippen molar-refractivity contribution in [3.63, 3.8) is 0 Å². The number of pyridine rings is 1. The van der Waals surface area contributed by atoms with Gasteiger partial charge in [-0.1, -0.05) is 23.8 Å². The molecule has 0 saturated carbocycles. The van der Waals surface area contributed by atoms with E-state index in [0.29, 0.717) is 19.8 Å². The van der Waals surface area contributed by atoms with Crippen LogP contribution in [0.3, 0.4) is 0 Å². The quantitative estimate of drug-likeness (QED) is 0.493. The monoisotopic (exact) mass is 294 g/mol. The number of nitrogens with one attached hydrogen (secondary N) is 1. The zero-order chi connectivity index (χ0) is 14.5. The van der Waals surface area contributed by atoms with Crippen LogP contribution in [-0.4, -0.2) is 24.7 Å². The van der Waals surface area contributed by atoms with E-state index in [9.17, 15) is 13.2 Å². The minimum absolute atomic E-state index is 0.0683. The van der Waals surface area contributed by atoms with Crippen LogP contribution < -0.4 is 5.32 Å². The summed E-state index contributed by atoms with van der Waals surface area (Å²) in [4.78, 5) is 3.76. The molecule has 0 aromatic carbocycles. The Morgan fingerprint density at radius 3 is 2.74 bits per heavy atom. The van der Waals surface area contributed by atoms with Gasteiger partial charge in [0.15, 0.2) is 0 Å². The fourth-order valence-corrected chi connectivity index (χ4v) is 1.46. The highest BCUT2D eigenvalue weighted by molar-refractivity contribution is 6.29. The Bertz CT molecular complexity index is 449. The maximum absolute atomic E-state index is 12.5. The normalized spacial score (nSPS) is 11.4. The van der Waals surface area contributed by atoms with Gasteiger partial charge in [-0.15, -0.1) is 0 Å². The molecule has 0 bridgehead atoms. The van der Waals surface area contributed by atoms with Gasteiger partial charge in [0.2, 0.25) is 0 Å². The molecule has 1 rings (SSSR count). The largest absolute Gasteiger partial charge is 0.416 e. The molecule has 0 aliphatic heterocycles. The number of alkyl halides is 3. The third kappa shape index (κ3) is 5.94. The van der Waals surface area contributed by atoms with Crippen LogP contribution in [0.1, 0.15) is 12.5 Å². The Kier molecular flexibility index (Phi) is 5.62. The fraction of sp³-hybridized carbons (Fsp3) is 0.417. The number of ether oxygens (including phenoxy) is 1. The lowest BCUT2D eigenvalue weighted by Crippen LogP contribution is -2.13. The number of hydrogen-bond donors (Lipinski definition) is 1. The average Bonchev–Trinajstić information content (AvgIpc) is 2.26. The number of hydrogen-bond acceptors (Lipinski definition) is 3. The van der Waals surface area contributed by atoms with Crippen molar-refractivity contribution in [3.8, 4) is 0 Å². The van der Waals surface area contributed by atoms with E-state index < -0.39 is 11.7 Å². The summed E-state index contributed by atoms with van der Waals surface area (Å²) in [6.07, 6.45) is -4.44. The van der Waals surface area contributed by atoms with Crippen molar-refractivity contribution in [2.75, 3.05) is 25.1 Å². The van der Waals surface area contributed by atoms with Crippen molar-refractivity contribution >= 4 is 17.4 Å². The first kappa shape index (κ1) is 15.8. The van der Waals surface area contributed by atoms with Gasteiger partial charge >= 0.3 is 6.18 Å². The van der Waals surface area contributed by atoms with E-state index in [4.69, 9.17) is 16.3 Å². The summed E-state index contributed by atoms with van der Waals surface area (Å²) in [7, 11) is 0. The molecule has 0 spiro atoms. The van der Waals surface area contributed by atoms with Gasteiger partial charge in [0.05, 0.1) is 18.8 Å². The zero-order valence-corrected chi connectivity index (χ0v) is 11.1. The molecule has 0 amide bonds. The molecular formula is C12H14ClF3N2O. The molecule has 0 saturated heterocycles. The lowest BCUT2D eigenvalue weighted by atomic mass is 10.2. The number of rotatable bonds is 6. The third-order valence-corrected chi connectivity index (χ3v) is 2.22. The molecule has 1 aromatic rings. The third-order valence-electron chi connectivity index (χ3n) is 2.02. The number of aromatic nitrogens is 1. The standard InChI is InChI=1S/C12H14ClF3N2O/c1-8(2)7-19-4-3-17-11-6-9(12(14,15)16)5-10(13)18-11/h5-6H,1,3-4,7H2,2H3,(H,17,18). The van der Waals surface area contributed by atoms with Gasteiger partial charge < -0.3 is 10.1 Å². The molecule has 0 aliphatic carbocycles. The summed E-state index contributed by atoms with van der Waals surface area (Å²) >= 11 is 5.54. The first-order valence-corrected chi connectivity index (χ1v) is 5.87. The second-order valence-corrected chi connectivity index (χ2v) is 4.39. The molecule has 3 nitrogen and oxygen atoms in total. The highest BCUT2D eigenvalue weighted by atomic mass is 35.5. The van der Waals surface area contributed by atoms with Crippen molar-refractivity contribution in [3.05, 3.63) is 35.0 Å². The van der Waals surface area contributed by atoms with Crippen LogP contribution >= 0.6 is 11.6 Å². The average molecular weight is 295 g/mol. The summed E-state index contributed by atoms with van der Waals surface area (Å²) < 4.78 is 42.8. The topological polar surface area (TPSA) is 34.1 Å². The van der Waals surface area contributed by atoms with Gasteiger partial charge in [0, 0.05) is 6.54 Å². The van der Waals surface area contributed by atoms with Crippen molar-refractivity contribution < 1.29 is 17.9 Å². The van der Waals surface area contributed by atoms with E-state index in [1.54, 1.807) is 0 Å². The second kappa shape index (κ2) is 6.77. The molecule has 0 radical (unpaired) electrons. The van der Waals surface area contributed by atoms with Crippen LogP contribution in [0.15, 0.2) is 24.3 Å². The number of nitrogens with zero attached hydrogens (tertiary/aromatic N) is 1. The minimum Gasteiger partial charge on any atom is -0.375 e. The minimum atomic E-state index is -4.44. The van der Waals surface area contributed by atoms with Gasteiger partial charge in [-0.3, -0.25) is 0 Å². The van der Waals surface area contributed by atoms with Gasteiger partial charge in [0.25, 0.3) is 0 Å². The molecule has 106 valence electrons. The number of halogens is 4. The molecule has 0 unspecified atom stereocenters. The van der Waals surface area contributed by atoms with Gasteiger partial charge in [-0.2, -0.15) is 13.2 Å². The Labute approximate surface area is 114 Å². The highest BCUT2D eigenvalue weighted by Gasteiger charge is 2.31. The van der Waals surface area contributed by atoms with Crippen LogP contribution in [0.5, 0.6) is 0 Å². The van der Waals surface area contributed by atoms with Crippen molar-refractivity contribution in [2.24, 2.45) is 0 Å². The van der Waals surface area contributed by atoms with E-state index in [-0.39, 0.29) is 11.0 Å². The Hall–Kier alpha value is -1.27. The molecule has 0 fully saturated rings. The van der Waals surface area contributed by atoms with Crippen molar-refractivity contribution in [1.82, 2.24) is 4.98 Å². The zero-order valence-electron chi connectivity index (χ0n) is 10.4. The smallest absolute Gasteiger partial charge is 0.375 e. The first-order chi connectivity index (χ1) is 8.79. The van der Waals surface area contributed by atoms with E-state index in [1.165, 1.54) is 0 Å². The molecule has 1 aromatic heterocycles. The van der Waals surface area contributed by atoms with Crippen LogP contribution in [0, 0.1) is 0 Å². The summed E-state index contributed by atoms with van der Waals surface area (Å²) in [6, 6.07) is 1.69. The Morgan fingerprint density at radius 1 is 1.47 bits per heavy atom. The Morgan fingerprint density at radius 2 is 2.16 bits per heavy atom. The first-order valence-electron chi connectivity index (χ1n) is 5.50. The maximum atomic E-state index is 12.5. The van der Waals surface area contributed by atoms with E-state index >= 15 is 0 Å². The Balaban J connectivity index is 2.54. The second-order valence-electron chi connectivity index (χ2n) is 4.00. The van der Waals surface area contributed by atoms with Crippen LogP contribution in [0.2, 0.25) is 5.15 Å². The summed E-state index contributed by atoms with van der Waals surface area (Å²) in [5, 5.41) is 2.51. The summed E-state index contributed by atoms with van der Waals surface area (Å²) in [6.45, 7) is 6.56. The highest BCUT2D eigenvalue weighted by Crippen LogP contribution is 2.31. The van der Waals surface area contributed by atoms with E-state index in [0.717, 1.165) is 17.7 Å². The van der Waals surface area contributed by atoms with E-state index in [2.05, 4.69) is 16.9 Å². The van der Waals surface area contributed by atoms with Crippen molar-refractivity contribution in [2.45, 2.75) is 13.1 Å². The van der Waals surface area contributed by atoms with E-state index in [1.807, 2.05) is 6.92 Å². The van der Waals surface area contributed by atoms with Crippen molar-refractivity contribution in [1.29, 1.82) is 0 Å². The summed E-state index contributed by atoms with van der Waals surface area (Å²) in [5.41, 5.74) is 0.0399. The number of anilines is 1.